The van der Waals surface area contributed by atoms with Crippen LogP contribution in [0.15, 0.2) is 24.7 Å². The van der Waals surface area contributed by atoms with E-state index >= 15 is 0 Å². The fourth-order valence-electron chi connectivity index (χ4n) is 1.75. The molecule has 0 spiro atoms. The van der Waals surface area contributed by atoms with Crippen molar-refractivity contribution in [1.29, 1.82) is 0 Å². The number of imidazole rings is 1. The Morgan fingerprint density at radius 2 is 2.21 bits per heavy atom. The number of hydrogen-bond acceptors (Lipinski definition) is 3. The highest BCUT2D eigenvalue weighted by Gasteiger charge is 2.16. The summed E-state index contributed by atoms with van der Waals surface area (Å²) >= 11 is 0. The number of aromatic nitrogens is 2. The molecule has 0 bridgehead atoms. The van der Waals surface area contributed by atoms with Crippen LogP contribution in [0.2, 0.25) is 0 Å². The van der Waals surface area contributed by atoms with Gasteiger partial charge in [0.25, 0.3) is 0 Å². The van der Waals surface area contributed by atoms with Crippen LogP contribution in [-0.4, -0.2) is 21.1 Å². The van der Waals surface area contributed by atoms with Crippen molar-refractivity contribution < 1.29 is 9.53 Å². The Balaban J connectivity index is 2.06. The van der Waals surface area contributed by atoms with Gasteiger partial charge in [0.2, 0.25) is 0 Å². The number of carbonyl (C=O) groups excluding carboxylic acids is 1. The third-order valence-corrected chi connectivity index (χ3v) is 2.57. The molecule has 5 nitrogen and oxygen atoms in total. The first-order valence-electron chi connectivity index (χ1n) is 6.24. The van der Waals surface area contributed by atoms with Crippen molar-refractivity contribution in [2.24, 2.45) is 0 Å². The van der Waals surface area contributed by atoms with E-state index in [-0.39, 0.29) is 0 Å². The Hall–Kier alpha value is -2.04. The number of rotatable bonds is 2. The molecule has 102 valence electrons. The van der Waals surface area contributed by atoms with Crippen LogP contribution in [0.3, 0.4) is 0 Å². The number of nitrogens with one attached hydrogen (secondary N) is 1. The zero-order valence-electron chi connectivity index (χ0n) is 11.7. The maximum absolute atomic E-state index is 11.6. The molecular weight excluding hydrogens is 242 g/mol. The number of fused-ring (bicyclic) bond motifs is 1. The van der Waals surface area contributed by atoms with Gasteiger partial charge in [0.1, 0.15) is 5.60 Å². The van der Waals surface area contributed by atoms with Gasteiger partial charge >= 0.3 is 6.09 Å². The second kappa shape index (κ2) is 4.91. The lowest BCUT2D eigenvalue weighted by Gasteiger charge is -2.19. The number of nitrogens with zero attached hydrogens (tertiary/aromatic N) is 2. The Labute approximate surface area is 112 Å². The Bertz CT molecular complexity index is 596. The maximum atomic E-state index is 11.6. The van der Waals surface area contributed by atoms with Gasteiger partial charge in [-0.2, -0.15) is 0 Å². The lowest BCUT2D eigenvalue weighted by molar-refractivity contribution is 0.0523. The number of alkyl carbamates (subject to hydrolysis) is 1. The van der Waals surface area contributed by atoms with Crippen molar-refractivity contribution in [2.45, 2.75) is 39.8 Å². The van der Waals surface area contributed by atoms with Gasteiger partial charge in [-0.3, -0.25) is 0 Å². The molecule has 2 heterocycles. The van der Waals surface area contributed by atoms with Crippen molar-refractivity contribution in [3.05, 3.63) is 35.9 Å². The summed E-state index contributed by atoms with van der Waals surface area (Å²) < 4.78 is 7.12. The van der Waals surface area contributed by atoms with E-state index in [0.29, 0.717) is 6.54 Å². The van der Waals surface area contributed by atoms with E-state index in [1.165, 1.54) is 0 Å². The summed E-state index contributed by atoms with van der Waals surface area (Å²) in [4.78, 5) is 15.9. The first-order valence-corrected chi connectivity index (χ1v) is 6.24. The van der Waals surface area contributed by atoms with Crippen molar-refractivity contribution in [3.8, 4) is 0 Å². The van der Waals surface area contributed by atoms with E-state index in [2.05, 4.69) is 10.3 Å². The van der Waals surface area contributed by atoms with E-state index < -0.39 is 11.7 Å². The Morgan fingerprint density at radius 1 is 1.47 bits per heavy atom. The molecule has 1 amide bonds. The second-order valence-electron chi connectivity index (χ2n) is 5.54. The second-order valence-corrected chi connectivity index (χ2v) is 5.54. The molecule has 0 unspecified atom stereocenters. The first-order chi connectivity index (χ1) is 8.85. The van der Waals surface area contributed by atoms with Crippen LogP contribution in [-0.2, 0) is 11.3 Å². The van der Waals surface area contributed by atoms with Crippen molar-refractivity contribution >= 4 is 11.6 Å². The van der Waals surface area contributed by atoms with E-state index in [1.54, 1.807) is 6.33 Å². The van der Waals surface area contributed by atoms with Gasteiger partial charge in [0, 0.05) is 6.20 Å². The van der Waals surface area contributed by atoms with Gasteiger partial charge in [0.15, 0.2) is 0 Å². The molecule has 19 heavy (non-hydrogen) atoms. The van der Waals surface area contributed by atoms with Crippen LogP contribution >= 0.6 is 0 Å². The number of ether oxygens (including phenoxy) is 1. The normalized spacial score (nSPS) is 11.6. The molecule has 0 aromatic carbocycles. The van der Waals surface area contributed by atoms with E-state index in [1.807, 2.05) is 50.4 Å². The smallest absolute Gasteiger partial charge is 0.407 e. The minimum atomic E-state index is -0.489. The number of pyridine rings is 1. The van der Waals surface area contributed by atoms with Gasteiger partial charge in [-0.05, 0) is 45.4 Å². The molecular formula is C14H19N3O2. The summed E-state index contributed by atoms with van der Waals surface area (Å²) in [7, 11) is 0. The quantitative estimate of drug-likeness (QED) is 0.904. The van der Waals surface area contributed by atoms with E-state index in [9.17, 15) is 4.79 Å². The molecule has 0 fully saturated rings. The molecule has 0 aliphatic heterocycles. The molecule has 0 radical (unpaired) electrons. The molecule has 2 rings (SSSR count). The molecule has 0 atom stereocenters. The minimum Gasteiger partial charge on any atom is -0.444 e. The predicted octanol–water partition coefficient (Wildman–Crippen LogP) is 2.67. The number of aryl methyl sites for hydroxylation is 1. The molecule has 2 aromatic heterocycles. The topological polar surface area (TPSA) is 55.6 Å². The molecule has 1 N–H and O–H groups in total. The van der Waals surface area contributed by atoms with E-state index in [4.69, 9.17) is 4.74 Å². The molecule has 0 saturated heterocycles. The average molecular weight is 261 g/mol. The standard InChI is InChI=1S/C14H19N3O2/c1-10-5-6-17-9-16-11(12(17)7-10)8-15-13(18)19-14(2,3)4/h5-7,9H,8H2,1-4H3,(H,15,18). The summed E-state index contributed by atoms with van der Waals surface area (Å²) in [5.74, 6) is 0. The zero-order valence-corrected chi connectivity index (χ0v) is 11.7. The fourth-order valence-corrected chi connectivity index (χ4v) is 1.75. The average Bonchev–Trinajstić information content (AvgIpc) is 2.66. The molecule has 2 aromatic rings. The van der Waals surface area contributed by atoms with Crippen molar-refractivity contribution in [2.75, 3.05) is 0 Å². The highest BCUT2D eigenvalue weighted by Crippen LogP contribution is 2.12. The molecule has 0 aliphatic rings. The maximum Gasteiger partial charge on any atom is 0.407 e. The van der Waals surface area contributed by atoms with Gasteiger partial charge in [-0.1, -0.05) is 0 Å². The summed E-state index contributed by atoms with van der Waals surface area (Å²) in [5.41, 5.74) is 2.49. The number of hydrogen-bond donors (Lipinski definition) is 1. The SMILES string of the molecule is Cc1ccn2cnc(CNC(=O)OC(C)(C)C)c2c1. The number of carbonyl (C=O) groups is 1. The minimum absolute atomic E-state index is 0.356. The van der Waals surface area contributed by atoms with Crippen LogP contribution < -0.4 is 5.32 Å². The van der Waals surface area contributed by atoms with Crippen LogP contribution in [0.1, 0.15) is 32.0 Å². The fraction of sp³-hybridized carbons (Fsp3) is 0.429. The third-order valence-electron chi connectivity index (χ3n) is 2.57. The largest absolute Gasteiger partial charge is 0.444 e. The lowest BCUT2D eigenvalue weighted by atomic mass is 10.2. The summed E-state index contributed by atoms with van der Waals surface area (Å²) in [6.45, 7) is 7.89. The van der Waals surface area contributed by atoms with Crippen molar-refractivity contribution in [3.63, 3.8) is 0 Å². The van der Waals surface area contributed by atoms with Crippen LogP contribution in [0.25, 0.3) is 5.52 Å². The highest BCUT2D eigenvalue weighted by atomic mass is 16.6. The molecule has 0 saturated carbocycles. The van der Waals surface area contributed by atoms with Crippen LogP contribution in [0, 0.1) is 6.92 Å². The Morgan fingerprint density at radius 3 is 2.89 bits per heavy atom. The predicted molar refractivity (Wildman–Crippen MR) is 73.0 cm³/mol. The van der Waals surface area contributed by atoms with Crippen LogP contribution in [0.4, 0.5) is 4.79 Å². The van der Waals surface area contributed by atoms with Crippen molar-refractivity contribution in [1.82, 2.24) is 14.7 Å². The van der Waals surface area contributed by atoms with Gasteiger partial charge in [-0.25, -0.2) is 9.78 Å². The van der Waals surface area contributed by atoms with E-state index in [0.717, 1.165) is 16.8 Å². The summed E-state index contributed by atoms with van der Waals surface area (Å²) in [6, 6.07) is 4.05. The van der Waals surface area contributed by atoms with Gasteiger partial charge in [0.05, 0.1) is 24.1 Å². The Kier molecular flexibility index (Phi) is 3.46. The molecule has 5 heteroatoms. The third kappa shape index (κ3) is 3.47. The number of amides is 1. The molecule has 0 aliphatic carbocycles. The van der Waals surface area contributed by atoms with Gasteiger partial charge < -0.3 is 14.5 Å². The lowest BCUT2D eigenvalue weighted by Crippen LogP contribution is -2.32. The monoisotopic (exact) mass is 261 g/mol. The van der Waals surface area contributed by atoms with Crippen LogP contribution in [0.5, 0.6) is 0 Å². The summed E-state index contributed by atoms with van der Waals surface area (Å²) in [6.07, 6.45) is 3.26. The highest BCUT2D eigenvalue weighted by molar-refractivity contribution is 5.68. The summed E-state index contributed by atoms with van der Waals surface area (Å²) in [5, 5.41) is 2.72. The zero-order chi connectivity index (χ0) is 14.0. The first kappa shape index (κ1) is 13.4. The van der Waals surface area contributed by atoms with Gasteiger partial charge in [-0.15, -0.1) is 0 Å².